The first-order valence-electron chi connectivity index (χ1n) is 15.0. The Kier molecular flexibility index (Phi) is 30.6. The summed E-state index contributed by atoms with van der Waals surface area (Å²) in [4.78, 5) is 19.3. The molecule has 0 fully saturated rings. The fourth-order valence-electron chi connectivity index (χ4n) is 4.64. The molecule has 4 aliphatic heterocycles. The second-order valence-corrected chi connectivity index (χ2v) is 30.4. The van der Waals surface area contributed by atoms with Crippen LogP contribution in [0.1, 0.15) is 0 Å². The average molecular weight is 1230 g/mol. The number of rotatable bonds is 12. The van der Waals surface area contributed by atoms with Crippen LogP contribution in [-0.2, 0) is 8.23 Å². The maximum Gasteiger partial charge on any atom is 0.256 e. The number of halogens is 4. The summed E-state index contributed by atoms with van der Waals surface area (Å²) in [7, 11) is -4.74. The van der Waals surface area contributed by atoms with Gasteiger partial charge in [0.25, 0.3) is 20.7 Å². The third kappa shape index (κ3) is 20.2. The number of aliphatic imine (C=N–C) groups is 4. The van der Waals surface area contributed by atoms with Crippen LogP contribution in [-0.4, -0.2) is 129 Å². The quantitative estimate of drug-likeness (QED) is 0.114. The van der Waals surface area contributed by atoms with E-state index in [-0.39, 0.29) is 95.9 Å². The van der Waals surface area contributed by atoms with Crippen LogP contribution in [0.2, 0.25) is 52.4 Å². The van der Waals surface area contributed by atoms with Crippen LogP contribution < -0.4 is 117 Å². The van der Waals surface area contributed by atoms with Gasteiger partial charge in [-0.3, -0.25) is 21.3 Å². The lowest BCUT2D eigenvalue weighted by Crippen LogP contribution is -3.00. The molecule has 0 saturated heterocycles. The molecule has 0 bridgehead atoms. The molecule has 46 heavy (non-hydrogen) atoms. The topological polar surface area (TPSA) is 134 Å². The third-order valence-electron chi connectivity index (χ3n) is 6.64. The second kappa shape index (κ2) is 27.2. The molecule has 0 saturated carbocycles. The number of thioether (sulfide) groups is 4. The minimum absolute atomic E-state index is 0. The number of quaternary nitrogens is 4. The van der Waals surface area contributed by atoms with Crippen molar-refractivity contribution >= 4 is 102 Å². The highest BCUT2D eigenvalue weighted by molar-refractivity contribution is 8.18. The molecule has 2 unspecified atom stereocenters. The predicted octanol–water partition coefficient (Wildman–Crippen LogP) is -12.6. The van der Waals surface area contributed by atoms with Gasteiger partial charge in [0.1, 0.15) is 26.2 Å². The summed E-state index contributed by atoms with van der Waals surface area (Å²) in [5.74, 6) is 2.17. The van der Waals surface area contributed by atoms with Crippen molar-refractivity contribution in [2.75, 3.05) is 63.9 Å². The number of nitrogens with zero attached hydrogens (tertiary/aromatic N) is 4. The molecule has 4 rings (SSSR count). The minimum Gasteiger partial charge on any atom is -1.00 e. The van der Waals surface area contributed by atoms with Crippen molar-refractivity contribution in [3.8, 4) is 0 Å². The summed E-state index contributed by atoms with van der Waals surface area (Å²) in [6, 6.07) is 0. The Morgan fingerprint density at radius 3 is 1.09 bits per heavy atom. The Bertz CT molecular complexity index is 932. The Morgan fingerprint density at radius 2 is 0.848 bits per heavy atom. The van der Waals surface area contributed by atoms with Crippen molar-refractivity contribution in [3.63, 3.8) is 0 Å². The lowest BCUT2D eigenvalue weighted by Gasteiger charge is -2.32. The SMILES string of the molecule is C[Si](C)O[Si](C)(C)C(CSC1=NCC[NH2+]1)SC1=NCC[NH2+]1.C[Si](C)O[Si](C)(C)C(CSC1=NCC[NH2+]1)SC1=NCC[NH2+]1.[I-].[I-].[I-].[I-]. The maximum atomic E-state index is 6.41. The predicted molar refractivity (Wildman–Crippen MR) is 196 cm³/mol. The van der Waals surface area contributed by atoms with Gasteiger partial charge >= 0.3 is 0 Å². The first kappa shape index (κ1) is 51.7. The van der Waals surface area contributed by atoms with Crippen LogP contribution >= 0.6 is 47.0 Å². The van der Waals surface area contributed by atoms with E-state index in [2.05, 4.69) is 93.6 Å². The summed E-state index contributed by atoms with van der Waals surface area (Å²) < 4.78 is 12.8. The zero-order chi connectivity index (χ0) is 30.6. The fraction of sp³-hybridized carbons (Fsp3) is 0.833. The monoisotopic (exact) mass is 1230 g/mol. The van der Waals surface area contributed by atoms with Gasteiger partial charge in [0.2, 0.25) is 0 Å². The van der Waals surface area contributed by atoms with E-state index in [4.69, 9.17) is 8.23 Å². The zero-order valence-electron chi connectivity index (χ0n) is 28.3. The van der Waals surface area contributed by atoms with E-state index < -0.39 is 34.7 Å². The molecule has 0 aliphatic carbocycles. The molecule has 0 spiro atoms. The molecule has 2 radical (unpaired) electrons. The lowest BCUT2D eigenvalue weighted by molar-refractivity contribution is -0.522. The first-order valence-corrected chi connectivity index (χ1v) is 29.5. The third-order valence-corrected chi connectivity index (χ3v) is 26.9. The zero-order valence-corrected chi connectivity index (χ0v) is 44.2. The average Bonchev–Trinajstić information content (AvgIpc) is 3.73. The Labute approximate surface area is 368 Å². The number of amidine groups is 4. The normalized spacial score (nSPS) is 19.0. The Morgan fingerprint density at radius 1 is 0.565 bits per heavy atom. The molecule has 4 heterocycles. The van der Waals surface area contributed by atoms with Crippen LogP contribution in [0.15, 0.2) is 20.0 Å². The van der Waals surface area contributed by atoms with Gasteiger partial charge in [-0.1, -0.05) is 0 Å². The molecule has 2 atom stereocenters. The molecule has 270 valence electrons. The van der Waals surface area contributed by atoms with Gasteiger partial charge < -0.3 is 104 Å². The number of nitrogens with two attached hydrogens (primary N) is 4. The van der Waals surface area contributed by atoms with Gasteiger partial charge in [-0.15, -0.1) is 0 Å². The van der Waals surface area contributed by atoms with Crippen molar-refractivity contribution < 1.29 is 125 Å². The summed E-state index contributed by atoms with van der Waals surface area (Å²) in [5, 5.41) is 14.0. The molecule has 0 aromatic heterocycles. The van der Waals surface area contributed by atoms with Crippen LogP contribution in [0.4, 0.5) is 0 Å². The molecular weight excluding hydrogens is 1180 g/mol. The van der Waals surface area contributed by atoms with Crippen molar-refractivity contribution in [3.05, 3.63) is 0 Å². The van der Waals surface area contributed by atoms with Crippen molar-refractivity contribution in [1.29, 1.82) is 0 Å². The van der Waals surface area contributed by atoms with E-state index in [0.29, 0.717) is 9.75 Å². The van der Waals surface area contributed by atoms with E-state index in [1.807, 2.05) is 47.0 Å². The molecule has 4 aliphatic rings. The number of hydrogen-bond acceptors (Lipinski definition) is 10. The Hall–Kier alpha value is 3.63. The van der Waals surface area contributed by atoms with Gasteiger partial charge in [-0.25, -0.2) is 20.0 Å². The maximum absolute atomic E-state index is 6.41. The van der Waals surface area contributed by atoms with Gasteiger partial charge in [0, 0.05) is 21.3 Å². The highest BCUT2D eigenvalue weighted by Gasteiger charge is 2.39. The van der Waals surface area contributed by atoms with E-state index in [1.165, 1.54) is 20.7 Å². The summed E-state index contributed by atoms with van der Waals surface area (Å²) in [5.41, 5.74) is 0. The van der Waals surface area contributed by atoms with Crippen molar-refractivity contribution in [2.24, 2.45) is 20.0 Å². The lowest BCUT2D eigenvalue weighted by atomic mass is 10.7. The second-order valence-electron chi connectivity index (χ2n) is 11.9. The van der Waals surface area contributed by atoms with E-state index in [9.17, 15) is 0 Å². The highest BCUT2D eigenvalue weighted by atomic mass is 127. The molecule has 0 amide bonds. The summed E-state index contributed by atoms with van der Waals surface area (Å²) in [6.45, 7) is 26.7. The van der Waals surface area contributed by atoms with Gasteiger partial charge in [-0.05, 0) is 99.4 Å². The van der Waals surface area contributed by atoms with E-state index >= 15 is 0 Å². The summed E-state index contributed by atoms with van der Waals surface area (Å²) in [6.07, 6.45) is 0. The van der Waals surface area contributed by atoms with E-state index in [0.717, 1.165) is 63.9 Å². The number of hydrogen-bond donors (Lipinski definition) is 4. The standard InChI is InChI=1S/2C12H25N4OS2Si2.4HI/c2*1-20(2)17-21(3,4)10(19-12-15-7-8-16-12)9-18-11-13-5-6-14-11;;;;/h2*10H,5-9H2,1-4H3,(H,13,14)(H,15,16);4*1H. The largest absolute Gasteiger partial charge is 1.00 e. The van der Waals surface area contributed by atoms with E-state index in [1.54, 1.807) is 0 Å². The van der Waals surface area contributed by atoms with Gasteiger partial charge in [0.05, 0.1) is 26.2 Å². The molecule has 22 heteroatoms. The Balaban J connectivity index is 0. The van der Waals surface area contributed by atoms with Crippen molar-refractivity contribution in [1.82, 2.24) is 0 Å². The first-order chi connectivity index (χ1) is 19.9. The van der Waals surface area contributed by atoms with Crippen molar-refractivity contribution in [2.45, 2.75) is 62.1 Å². The molecule has 0 aromatic carbocycles. The molecule has 0 aromatic rings. The minimum atomic E-state index is -1.72. The molecule has 10 nitrogen and oxygen atoms in total. The molecule has 8 N–H and O–H groups in total. The van der Waals surface area contributed by atoms with Crippen LogP contribution in [0.5, 0.6) is 0 Å². The molecular formula is C24H54I4N8O2S4Si4. The van der Waals surface area contributed by atoms with Crippen LogP contribution in [0, 0.1) is 0 Å². The van der Waals surface area contributed by atoms with Gasteiger partial charge in [0.15, 0.2) is 34.7 Å². The highest BCUT2D eigenvalue weighted by Crippen LogP contribution is 2.29. The smallest absolute Gasteiger partial charge is 0.256 e. The summed E-state index contributed by atoms with van der Waals surface area (Å²) >= 11 is 7.69. The van der Waals surface area contributed by atoms with Crippen LogP contribution in [0.25, 0.3) is 0 Å². The fourth-order valence-corrected chi connectivity index (χ4v) is 25.5. The van der Waals surface area contributed by atoms with Gasteiger partial charge in [-0.2, -0.15) is 0 Å². The van der Waals surface area contributed by atoms with Crippen LogP contribution in [0.3, 0.4) is 0 Å².